The summed E-state index contributed by atoms with van der Waals surface area (Å²) in [7, 11) is 2.94. The van der Waals surface area contributed by atoms with Crippen molar-refractivity contribution < 1.29 is 14.3 Å². The van der Waals surface area contributed by atoms with E-state index in [2.05, 4.69) is 15.5 Å². The lowest BCUT2D eigenvalue weighted by atomic mass is 10.1. The Kier molecular flexibility index (Phi) is 6.70. The van der Waals surface area contributed by atoms with Crippen LogP contribution in [0.3, 0.4) is 0 Å². The Morgan fingerprint density at radius 2 is 1.93 bits per heavy atom. The predicted molar refractivity (Wildman–Crippen MR) is 111 cm³/mol. The molecule has 0 saturated carbocycles. The van der Waals surface area contributed by atoms with Crippen molar-refractivity contribution in [1.82, 2.24) is 9.55 Å². The van der Waals surface area contributed by atoms with Gasteiger partial charge in [-0.05, 0) is 24.6 Å². The van der Waals surface area contributed by atoms with Gasteiger partial charge in [-0.2, -0.15) is 5.10 Å². The zero-order valence-electron chi connectivity index (χ0n) is 16.3. The first-order chi connectivity index (χ1) is 14.2. The van der Waals surface area contributed by atoms with Crippen molar-refractivity contribution in [2.24, 2.45) is 5.10 Å². The minimum atomic E-state index is -0.452. The number of carbonyl (C=O) groups excluding carboxylic acids is 1. The number of para-hydroxylation sites is 1. The number of hydrogen-bond donors (Lipinski definition) is 1. The molecule has 2 aromatic carbocycles. The fraction of sp³-hybridized carbons (Fsp3) is 0.238. The van der Waals surface area contributed by atoms with Gasteiger partial charge in [0, 0.05) is 25.8 Å². The number of fused-ring (bicyclic) bond motifs is 1. The quantitative estimate of drug-likeness (QED) is 0.273. The van der Waals surface area contributed by atoms with Crippen LogP contribution in [0.1, 0.15) is 22.3 Å². The molecule has 8 nitrogen and oxygen atoms in total. The van der Waals surface area contributed by atoms with Crippen LogP contribution in [0.15, 0.2) is 58.4 Å². The van der Waals surface area contributed by atoms with Gasteiger partial charge < -0.3 is 9.47 Å². The average Bonchev–Trinajstić information content (AvgIpc) is 2.75. The number of nitrogens with zero attached hydrogens (tertiary/aromatic N) is 3. The van der Waals surface area contributed by atoms with Crippen LogP contribution in [0.5, 0.6) is 0 Å². The number of nitrogens with one attached hydrogen (secondary N) is 1. The normalized spacial score (nSPS) is 11.1. The van der Waals surface area contributed by atoms with Crippen molar-refractivity contribution in [3.8, 4) is 0 Å². The molecule has 0 fully saturated rings. The van der Waals surface area contributed by atoms with Crippen LogP contribution in [-0.4, -0.2) is 42.6 Å². The smallest absolute Gasteiger partial charge is 0.338 e. The molecule has 0 spiro atoms. The van der Waals surface area contributed by atoms with Gasteiger partial charge in [0.15, 0.2) is 0 Å². The molecule has 0 amide bonds. The maximum absolute atomic E-state index is 12.9. The first-order valence-corrected chi connectivity index (χ1v) is 9.10. The van der Waals surface area contributed by atoms with Crippen LogP contribution in [0.25, 0.3) is 10.9 Å². The highest BCUT2D eigenvalue weighted by Crippen LogP contribution is 2.12. The molecule has 3 rings (SSSR count). The second kappa shape index (κ2) is 9.61. The SMILES string of the molecule is COCCCn1c(N/N=C\c2ccccc2C(=O)OC)nc2ccccc2c1=O. The summed E-state index contributed by atoms with van der Waals surface area (Å²) in [5.74, 6) is -0.135. The van der Waals surface area contributed by atoms with Gasteiger partial charge in [-0.25, -0.2) is 15.2 Å². The van der Waals surface area contributed by atoms with E-state index in [4.69, 9.17) is 9.47 Å². The fourth-order valence-electron chi connectivity index (χ4n) is 2.89. The van der Waals surface area contributed by atoms with E-state index < -0.39 is 5.97 Å². The third-order valence-electron chi connectivity index (χ3n) is 4.33. The second-order valence-electron chi connectivity index (χ2n) is 6.20. The lowest BCUT2D eigenvalue weighted by molar-refractivity contribution is 0.0600. The molecule has 8 heteroatoms. The number of esters is 1. The number of hydrazone groups is 1. The van der Waals surface area contributed by atoms with Crippen molar-refractivity contribution in [2.75, 3.05) is 26.3 Å². The van der Waals surface area contributed by atoms with E-state index in [0.717, 1.165) is 0 Å². The summed E-state index contributed by atoms with van der Waals surface area (Å²) in [6.45, 7) is 0.954. The van der Waals surface area contributed by atoms with Gasteiger partial charge in [-0.1, -0.05) is 30.3 Å². The summed E-state index contributed by atoms with van der Waals surface area (Å²) < 4.78 is 11.4. The summed E-state index contributed by atoms with van der Waals surface area (Å²) >= 11 is 0. The molecule has 0 saturated heterocycles. The molecule has 29 heavy (non-hydrogen) atoms. The van der Waals surface area contributed by atoms with Gasteiger partial charge in [0.1, 0.15) is 0 Å². The predicted octanol–water partition coefficient (Wildman–Crippen LogP) is 2.67. The minimum absolute atomic E-state index is 0.153. The van der Waals surface area contributed by atoms with Gasteiger partial charge in [0.05, 0.1) is 29.8 Å². The molecule has 1 heterocycles. The average molecular weight is 394 g/mol. The highest BCUT2D eigenvalue weighted by atomic mass is 16.5. The highest BCUT2D eigenvalue weighted by molar-refractivity contribution is 5.99. The molecule has 0 bridgehead atoms. The van der Waals surface area contributed by atoms with E-state index in [1.54, 1.807) is 49.6 Å². The third-order valence-corrected chi connectivity index (χ3v) is 4.33. The van der Waals surface area contributed by atoms with Crippen molar-refractivity contribution in [3.05, 3.63) is 70.0 Å². The molecule has 3 aromatic rings. The summed E-state index contributed by atoms with van der Waals surface area (Å²) in [6, 6.07) is 14.1. The summed E-state index contributed by atoms with van der Waals surface area (Å²) in [6.07, 6.45) is 2.15. The second-order valence-corrected chi connectivity index (χ2v) is 6.20. The third kappa shape index (κ3) is 4.67. The fourth-order valence-corrected chi connectivity index (χ4v) is 2.89. The topological polar surface area (TPSA) is 94.8 Å². The molecule has 0 aliphatic carbocycles. The van der Waals surface area contributed by atoms with Crippen molar-refractivity contribution in [2.45, 2.75) is 13.0 Å². The summed E-state index contributed by atoms with van der Waals surface area (Å²) in [5, 5.41) is 4.73. The van der Waals surface area contributed by atoms with Crippen LogP contribution in [0, 0.1) is 0 Å². The lowest BCUT2D eigenvalue weighted by Gasteiger charge is -2.12. The van der Waals surface area contributed by atoms with Crippen molar-refractivity contribution in [1.29, 1.82) is 0 Å². The Morgan fingerprint density at radius 3 is 2.72 bits per heavy atom. The Balaban J connectivity index is 1.93. The summed E-state index contributed by atoms with van der Waals surface area (Å²) in [4.78, 5) is 29.3. The molecule has 1 aromatic heterocycles. The molecule has 0 aliphatic rings. The summed E-state index contributed by atoms with van der Waals surface area (Å²) in [5.41, 5.74) is 4.24. The number of methoxy groups -OCH3 is 2. The van der Waals surface area contributed by atoms with Gasteiger partial charge in [-0.3, -0.25) is 9.36 Å². The monoisotopic (exact) mass is 394 g/mol. The van der Waals surface area contributed by atoms with E-state index in [1.807, 2.05) is 6.07 Å². The van der Waals surface area contributed by atoms with Gasteiger partial charge in [0.2, 0.25) is 5.95 Å². The number of carbonyl (C=O) groups is 1. The van der Waals surface area contributed by atoms with Crippen LogP contribution in [0.4, 0.5) is 5.95 Å². The Labute approximate surface area is 167 Å². The van der Waals surface area contributed by atoms with Crippen molar-refractivity contribution >= 4 is 29.0 Å². The maximum atomic E-state index is 12.9. The van der Waals surface area contributed by atoms with Crippen LogP contribution < -0.4 is 11.0 Å². The first kappa shape index (κ1) is 20.2. The van der Waals surface area contributed by atoms with E-state index in [-0.39, 0.29) is 5.56 Å². The minimum Gasteiger partial charge on any atom is -0.465 e. The molecule has 0 unspecified atom stereocenters. The Bertz CT molecular complexity index is 1090. The Morgan fingerprint density at radius 1 is 1.17 bits per heavy atom. The van der Waals surface area contributed by atoms with Gasteiger partial charge >= 0.3 is 5.97 Å². The zero-order valence-corrected chi connectivity index (χ0v) is 16.3. The molecular formula is C21H22N4O4. The molecule has 0 atom stereocenters. The lowest BCUT2D eigenvalue weighted by Crippen LogP contribution is -2.25. The number of anilines is 1. The number of hydrogen-bond acceptors (Lipinski definition) is 7. The molecule has 0 radical (unpaired) electrons. The van der Waals surface area contributed by atoms with E-state index in [1.165, 1.54) is 17.9 Å². The maximum Gasteiger partial charge on any atom is 0.338 e. The van der Waals surface area contributed by atoms with Gasteiger partial charge in [-0.15, -0.1) is 0 Å². The largest absolute Gasteiger partial charge is 0.465 e. The van der Waals surface area contributed by atoms with E-state index in [9.17, 15) is 9.59 Å². The number of aromatic nitrogens is 2. The van der Waals surface area contributed by atoms with Crippen LogP contribution in [-0.2, 0) is 16.0 Å². The molecule has 150 valence electrons. The van der Waals surface area contributed by atoms with E-state index >= 15 is 0 Å². The molecule has 0 aliphatic heterocycles. The number of ether oxygens (including phenoxy) is 2. The van der Waals surface area contributed by atoms with Crippen LogP contribution >= 0.6 is 0 Å². The Hall–Kier alpha value is -3.52. The van der Waals surface area contributed by atoms with Crippen molar-refractivity contribution in [3.63, 3.8) is 0 Å². The zero-order chi connectivity index (χ0) is 20.6. The molecular weight excluding hydrogens is 372 g/mol. The van der Waals surface area contributed by atoms with E-state index in [0.29, 0.717) is 47.6 Å². The number of rotatable bonds is 8. The number of benzene rings is 2. The van der Waals surface area contributed by atoms with Crippen LogP contribution in [0.2, 0.25) is 0 Å². The first-order valence-electron chi connectivity index (χ1n) is 9.10. The van der Waals surface area contributed by atoms with Gasteiger partial charge in [0.25, 0.3) is 5.56 Å². The standard InChI is InChI=1S/C21H22N4O4/c1-28-13-7-12-25-19(26)17-10-5-6-11-18(17)23-21(25)24-22-14-15-8-3-4-9-16(15)20(27)29-2/h3-6,8-11,14H,7,12-13H2,1-2H3,(H,23,24)/b22-14-. The highest BCUT2D eigenvalue weighted by Gasteiger charge is 2.11. The molecule has 1 N–H and O–H groups in total.